The van der Waals surface area contributed by atoms with Crippen molar-refractivity contribution in [3.63, 3.8) is 0 Å². The number of aromatic amines is 1. The Morgan fingerprint density at radius 3 is 3.03 bits per heavy atom. The van der Waals surface area contributed by atoms with Gasteiger partial charge in [0, 0.05) is 20.7 Å². The number of phosphoric ester groups is 1. The molecule has 0 saturated carbocycles. The lowest BCUT2D eigenvalue weighted by Crippen LogP contribution is -2.16. The molecule has 1 saturated heterocycles. The number of nitrogens with zero attached hydrogens (tertiary/aromatic N) is 4. The molecule has 0 amide bonds. The number of aromatic nitrogens is 5. The van der Waals surface area contributed by atoms with Gasteiger partial charge in [-0.2, -0.15) is 0 Å². The first-order valence-corrected chi connectivity index (χ1v) is 12.0. The van der Waals surface area contributed by atoms with Gasteiger partial charge in [-0.15, -0.1) is 0 Å². The number of imidazole rings is 1. The van der Waals surface area contributed by atoms with Crippen LogP contribution in [0.4, 0.5) is 5.82 Å². The van der Waals surface area contributed by atoms with Gasteiger partial charge in [-0.05, 0) is 53.6 Å². The lowest BCUT2D eigenvalue weighted by Gasteiger charge is -2.17. The third-order valence-corrected chi connectivity index (χ3v) is 6.60. The van der Waals surface area contributed by atoms with Gasteiger partial charge < -0.3 is 26.1 Å². The average Bonchev–Trinajstić information content (AvgIpc) is 3.45. The molecule has 170 valence electrons. The second-order valence-corrected chi connectivity index (χ2v) is 9.70. The van der Waals surface area contributed by atoms with Crippen molar-refractivity contribution in [1.82, 2.24) is 30.7 Å². The number of nitrogen functional groups attached to an aromatic ring is 1. The Hall–Kier alpha value is -2.29. The van der Waals surface area contributed by atoms with Crippen molar-refractivity contribution in [1.29, 1.82) is 0 Å². The van der Waals surface area contributed by atoms with Gasteiger partial charge in [0.1, 0.15) is 18.1 Å². The zero-order chi connectivity index (χ0) is 21.6. The number of fused-ring (bicyclic) bond motifs is 2. The van der Waals surface area contributed by atoms with E-state index in [1.54, 1.807) is 10.9 Å². The minimum atomic E-state index is -4.34. The zero-order valence-corrected chi connectivity index (χ0v) is 19.8. The molecular formula is C18H21IN7O5P. The Balaban J connectivity index is 0.00000245. The molecule has 0 bridgehead atoms. The maximum absolute atomic E-state index is 12.5. The lowest BCUT2D eigenvalue weighted by atomic mass is 10.2. The summed E-state index contributed by atoms with van der Waals surface area (Å²) < 4.78 is 31.7. The van der Waals surface area contributed by atoms with E-state index in [0.717, 1.165) is 9.09 Å². The maximum Gasteiger partial charge on any atom is 0.527 e. The van der Waals surface area contributed by atoms with E-state index in [2.05, 4.69) is 42.5 Å². The molecule has 3 unspecified atom stereocenters. The minimum Gasteiger partial charge on any atom is -0.402 e. The second kappa shape index (κ2) is 8.92. The van der Waals surface area contributed by atoms with Crippen LogP contribution < -0.4 is 16.4 Å². The first kappa shape index (κ1) is 22.9. The van der Waals surface area contributed by atoms with Crippen LogP contribution in [0.3, 0.4) is 0 Å². The summed E-state index contributed by atoms with van der Waals surface area (Å²) in [5.74, 6) is 0.554. The molecule has 0 aliphatic carbocycles. The number of hydrogen-bond acceptors (Lipinski definition) is 9. The maximum atomic E-state index is 12.5. The normalized spacial score (nSPS) is 20.3. The second-order valence-electron chi connectivity index (χ2n) is 7.07. The fourth-order valence-electron chi connectivity index (χ4n) is 3.57. The number of benzene rings is 1. The number of anilines is 1. The molecule has 4 aromatic rings. The summed E-state index contributed by atoms with van der Waals surface area (Å²) in [5.41, 5.74) is 7.71. The summed E-state index contributed by atoms with van der Waals surface area (Å²) in [6, 6.07) is 5.66. The number of H-pyrrole nitrogens is 1. The largest absolute Gasteiger partial charge is 0.527 e. The van der Waals surface area contributed by atoms with Crippen LogP contribution in [-0.2, 0) is 13.8 Å². The van der Waals surface area contributed by atoms with Gasteiger partial charge in [0.15, 0.2) is 17.2 Å². The van der Waals surface area contributed by atoms with Gasteiger partial charge in [0.2, 0.25) is 0 Å². The highest BCUT2D eigenvalue weighted by Crippen LogP contribution is 2.46. The van der Waals surface area contributed by atoms with E-state index in [9.17, 15) is 9.46 Å². The third-order valence-electron chi connectivity index (χ3n) is 5.03. The van der Waals surface area contributed by atoms with Crippen LogP contribution in [0.25, 0.3) is 22.1 Å². The number of rotatable bonds is 6. The molecule has 14 heteroatoms. The highest BCUT2D eigenvalue weighted by atomic mass is 127. The number of phosphoric acid groups is 1. The molecule has 12 nitrogen and oxygen atoms in total. The molecule has 1 aliphatic heterocycles. The number of halogens is 1. The standard InChI is InChI=1S/C18H18IN6O5P.H3N/c19-10-1-3-13-12(5-10)14(6-21-13)30-31(26,27)28-7-11-2-4-15(29-11)25-9-24-16-17(20)22-8-23-18(16)25;/h1,3,5-6,8-9,11,15,21H,2,4,7H2,(H,26,27)(H2,20,22,23);1H3. The monoisotopic (exact) mass is 573 g/mol. The fraction of sp³-hybridized carbons (Fsp3) is 0.278. The van der Waals surface area contributed by atoms with Crippen molar-refractivity contribution in [3.8, 4) is 5.75 Å². The Morgan fingerprint density at radius 1 is 1.34 bits per heavy atom. The topological polar surface area (TPSA) is 185 Å². The predicted octanol–water partition coefficient (Wildman–Crippen LogP) is 3.53. The molecule has 0 spiro atoms. The van der Waals surface area contributed by atoms with Crippen molar-refractivity contribution < 1.29 is 23.2 Å². The zero-order valence-electron chi connectivity index (χ0n) is 16.7. The number of hydrogen-bond donors (Lipinski definition) is 4. The van der Waals surface area contributed by atoms with Crippen LogP contribution in [-0.4, -0.2) is 42.1 Å². The molecule has 5 rings (SSSR count). The van der Waals surface area contributed by atoms with Crippen LogP contribution in [0.15, 0.2) is 37.1 Å². The van der Waals surface area contributed by atoms with E-state index < -0.39 is 7.82 Å². The first-order chi connectivity index (χ1) is 14.9. The van der Waals surface area contributed by atoms with Gasteiger partial charge in [-0.25, -0.2) is 19.5 Å². The Labute approximate surface area is 195 Å². The molecule has 32 heavy (non-hydrogen) atoms. The van der Waals surface area contributed by atoms with Gasteiger partial charge in [0.05, 0.1) is 19.0 Å². The minimum absolute atomic E-state index is 0. The van der Waals surface area contributed by atoms with E-state index in [0.29, 0.717) is 35.2 Å². The van der Waals surface area contributed by atoms with Crippen LogP contribution in [0, 0.1) is 3.57 Å². The van der Waals surface area contributed by atoms with E-state index in [1.165, 1.54) is 12.5 Å². The summed E-state index contributed by atoms with van der Waals surface area (Å²) in [6.07, 6.45) is 5.10. The van der Waals surface area contributed by atoms with Crippen molar-refractivity contribution in [2.45, 2.75) is 25.2 Å². The van der Waals surface area contributed by atoms with Crippen molar-refractivity contribution in [2.24, 2.45) is 0 Å². The number of ether oxygens (including phenoxy) is 1. The van der Waals surface area contributed by atoms with Crippen molar-refractivity contribution in [2.75, 3.05) is 12.3 Å². The van der Waals surface area contributed by atoms with Gasteiger partial charge >= 0.3 is 7.82 Å². The van der Waals surface area contributed by atoms with E-state index in [-0.39, 0.29) is 30.8 Å². The summed E-state index contributed by atoms with van der Waals surface area (Å²) in [6.45, 7) is -0.0894. The van der Waals surface area contributed by atoms with Gasteiger partial charge in [-0.3, -0.25) is 14.0 Å². The number of nitrogens with two attached hydrogens (primary N) is 1. The highest BCUT2D eigenvalue weighted by molar-refractivity contribution is 14.1. The molecule has 1 aliphatic rings. The molecule has 4 heterocycles. The Bertz CT molecular complexity index is 1310. The summed E-state index contributed by atoms with van der Waals surface area (Å²) in [5, 5.41) is 0.704. The predicted molar refractivity (Wildman–Crippen MR) is 125 cm³/mol. The Morgan fingerprint density at radius 2 is 2.19 bits per heavy atom. The SMILES string of the molecule is N.Nc1ncnc2c1ncn2C1CCC(COP(=O)(O)Oc2c[nH]c3ccc(I)cc23)O1. The summed E-state index contributed by atoms with van der Waals surface area (Å²) in [7, 11) is -4.34. The number of nitrogens with one attached hydrogen (secondary N) is 1. The quantitative estimate of drug-likeness (QED) is 0.196. The molecule has 7 N–H and O–H groups in total. The summed E-state index contributed by atoms with van der Waals surface area (Å²) in [4.78, 5) is 25.6. The molecule has 0 radical (unpaired) electrons. The fourth-order valence-corrected chi connectivity index (χ4v) is 4.86. The summed E-state index contributed by atoms with van der Waals surface area (Å²) >= 11 is 2.16. The molecule has 3 atom stereocenters. The van der Waals surface area contributed by atoms with Crippen molar-refractivity contribution >= 4 is 58.3 Å². The van der Waals surface area contributed by atoms with E-state index >= 15 is 0 Å². The molecule has 1 aromatic carbocycles. The van der Waals surface area contributed by atoms with Gasteiger partial charge in [0.25, 0.3) is 0 Å². The molecular weight excluding hydrogens is 552 g/mol. The highest BCUT2D eigenvalue weighted by Gasteiger charge is 2.32. The van der Waals surface area contributed by atoms with Crippen LogP contribution in [0.2, 0.25) is 0 Å². The van der Waals surface area contributed by atoms with E-state index in [1.807, 2.05) is 18.2 Å². The molecule has 1 fully saturated rings. The first-order valence-electron chi connectivity index (χ1n) is 9.42. The third kappa shape index (κ3) is 4.44. The lowest BCUT2D eigenvalue weighted by molar-refractivity contribution is -0.0200. The van der Waals surface area contributed by atoms with Gasteiger partial charge in [-0.1, -0.05) is 0 Å². The Kier molecular flexibility index (Phi) is 6.38. The van der Waals surface area contributed by atoms with Crippen LogP contribution >= 0.6 is 30.4 Å². The van der Waals surface area contributed by atoms with Crippen LogP contribution in [0.5, 0.6) is 5.75 Å². The van der Waals surface area contributed by atoms with Crippen LogP contribution in [0.1, 0.15) is 19.1 Å². The van der Waals surface area contributed by atoms with E-state index in [4.69, 9.17) is 19.5 Å². The molecule has 3 aromatic heterocycles. The smallest absolute Gasteiger partial charge is 0.402 e. The average molecular weight is 573 g/mol. The van der Waals surface area contributed by atoms with Crippen molar-refractivity contribution in [3.05, 3.63) is 40.6 Å².